The maximum Gasteiger partial charge on any atom is 0.314 e. The first-order chi connectivity index (χ1) is 5.69. The fourth-order valence-electron chi connectivity index (χ4n) is 2.14. The molecule has 1 rings (SSSR count). The Balaban J connectivity index is 3.08. The first-order valence-corrected chi connectivity index (χ1v) is 4.40. The number of nitroso groups, excluding NO2 is 1. The summed E-state index contributed by atoms with van der Waals surface area (Å²) in [7, 11) is 0. The molecule has 74 valence electrons. The van der Waals surface area contributed by atoms with E-state index in [1.54, 1.807) is 27.7 Å². The lowest BCUT2D eigenvalue weighted by Crippen LogP contribution is -2.42. The van der Waals surface area contributed by atoms with E-state index in [0.29, 0.717) is 6.42 Å². The average molecular weight is 186 g/mol. The minimum absolute atomic E-state index is 0.416. The molecule has 1 N–H and O–H groups in total. The van der Waals surface area contributed by atoms with Gasteiger partial charge in [0.2, 0.25) is 11.1 Å². The number of carboxylic acids is 1. The van der Waals surface area contributed by atoms with Gasteiger partial charge in [0.05, 0.1) is 0 Å². The first kappa shape index (κ1) is 10.2. The highest BCUT2D eigenvalue weighted by Crippen LogP contribution is 2.41. The van der Waals surface area contributed by atoms with E-state index in [-0.39, 0.29) is 0 Å². The van der Waals surface area contributed by atoms with Crippen molar-refractivity contribution >= 4 is 5.97 Å². The summed E-state index contributed by atoms with van der Waals surface area (Å²) < 4.78 is 0.915. The molecule has 1 aliphatic rings. The molecule has 1 unspecified atom stereocenters. The minimum atomic E-state index is -0.878. The van der Waals surface area contributed by atoms with E-state index in [1.165, 1.54) is 0 Å². The van der Waals surface area contributed by atoms with Gasteiger partial charge in [-0.25, -0.2) is 0 Å². The largest absolute Gasteiger partial charge is 0.481 e. The molecule has 0 aromatic rings. The minimum Gasteiger partial charge on any atom is -0.481 e. The molecule has 1 fully saturated rings. The van der Waals surface area contributed by atoms with Crippen LogP contribution in [0.4, 0.5) is 0 Å². The summed E-state index contributed by atoms with van der Waals surface area (Å²) in [5.74, 6) is -1.45. The van der Waals surface area contributed by atoms with Gasteiger partial charge in [-0.05, 0) is 0 Å². The lowest BCUT2D eigenvalue weighted by molar-refractivity contribution is -0.660. The summed E-state index contributed by atoms with van der Waals surface area (Å²) >= 11 is 0. The molecule has 0 bridgehead atoms. The summed E-state index contributed by atoms with van der Waals surface area (Å²) in [4.78, 5) is 22.6. The van der Waals surface area contributed by atoms with Crippen molar-refractivity contribution in [3.05, 3.63) is 4.91 Å². The van der Waals surface area contributed by atoms with Crippen LogP contribution in [-0.4, -0.2) is 26.9 Å². The Morgan fingerprint density at radius 1 is 1.38 bits per heavy atom. The Kier molecular flexibility index (Phi) is 1.97. The van der Waals surface area contributed by atoms with Crippen LogP contribution < -0.4 is 0 Å². The Labute approximate surface area is 77.5 Å². The van der Waals surface area contributed by atoms with Crippen LogP contribution in [0.1, 0.15) is 34.1 Å². The van der Waals surface area contributed by atoms with Crippen LogP contribution in [0.25, 0.3) is 0 Å². The maximum absolute atomic E-state index is 11.7. The Hall–Kier alpha value is -0.930. The average Bonchev–Trinajstić information content (AvgIpc) is 2.11. The van der Waals surface area contributed by atoms with Gasteiger partial charge >= 0.3 is 5.97 Å². The van der Waals surface area contributed by atoms with Crippen molar-refractivity contribution in [1.82, 2.24) is 0 Å². The van der Waals surface area contributed by atoms with Crippen molar-refractivity contribution in [2.45, 2.75) is 45.2 Å². The fraction of sp³-hybridized carbons (Fsp3) is 0.889. The Morgan fingerprint density at radius 2 is 1.85 bits per heavy atom. The molecular weight excluding hydrogens is 170 g/mol. The number of nitrogens with zero attached hydrogens (tertiary/aromatic N) is 1. The summed E-state index contributed by atoms with van der Waals surface area (Å²) in [6.07, 6.45) is 0.416. The van der Waals surface area contributed by atoms with Gasteiger partial charge < -0.3 is 5.11 Å². The normalized spacial score (nSPS) is 30.5. The van der Waals surface area contributed by atoms with Crippen molar-refractivity contribution in [3.63, 3.8) is 0 Å². The van der Waals surface area contributed by atoms with Crippen LogP contribution in [0.15, 0.2) is 0 Å². The van der Waals surface area contributed by atoms with Gasteiger partial charge in [0.1, 0.15) is 5.92 Å². The van der Waals surface area contributed by atoms with E-state index >= 15 is 0 Å². The fourth-order valence-corrected chi connectivity index (χ4v) is 2.14. The number of carboxylic acid groups (broad SMARTS) is 1. The molecule has 1 aliphatic heterocycles. The second-order valence-corrected chi connectivity index (χ2v) is 4.86. The molecule has 0 saturated carbocycles. The number of carbonyl (C=O) groups is 1. The van der Waals surface area contributed by atoms with E-state index in [1.807, 2.05) is 0 Å². The number of hydrogen-bond acceptors (Lipinski definition) is 2. The Morgan fingerprint density at radius 3 is 2.00 bits per heavy atom. The third-order valence-electron chi connectivity index (χ3n) is 2.93. The van der Waals surface area contributed by atoms with Gasteiger partial charge in [-0.15, -0.1) is 0 Å². The zero-order valence-electron chi connectivity index (χ0n) is 8.50. The molecule has 1 atom stereocenters. The van der Waals surface area contributed by atoms with Crippen LogP contribution in [0.5, 0.6) is 0 Å². The smallest absolute Gasteiger partial charge is 0.314 e. The van der Waals surface area contributed by atoms with E-state index in [2.05, 4.69) is 0 Å². The molecule has 0 aliphatic carbocycles. The molecule has 0 radical (unpaired) electrons. The van der Waals surface area contributed by atoms with E-state index < -0.39 is 23.0 Å². The van der Waals surface area contributed by atoms with Gasteiger partial charge in [0, 0.05) is 43.8 Å². The number of hydrogen-bond donors (Lipinski definition) is 1. The van der Waals surface area contributed by atoms with Gasteiger partial charge in [0.25, 0.3) is 0 Å². The molecule has 0 aromatic carbocycles. The van der Waals surface area contributed by atoms with Crippen molar-refractivity contribution in [3.8, 4) is 0 Å². The molecular formula is C9H16NO3+. The predicted octanol–water partition coefficient (Wildman–Crippen LogP) is 1.43. The van der Waals surface area contributed by atoms with Crippen molar-refractivity contribution in [2.24, 2.45) is 5.92 Å². The second-order valence-electron chi connectivity index (χ2n) is 4.86. The van der Waals surface area contributed by atoms with E-state index in [4.69, 9.17) is 5.11 Å². The first-order valence-electron chi connectivity index (χ1n) is 4.40. The van der Waals surface area contributed by atoms with E-state index in [0.717, 1.165) is 4.76 Å². The summed E-state index contributed by atoms with van der Waals surface area (Å²) in [6.45, 7) is 6.94. The summed E-state index contributed by atoms with van der Waals surface area (Å²) in [5.41, 5.74) is -1.36. The molecule has 0 spiro atoms. The highest BCUT2D eigenvalue weighted by atomic mass is 16.4. The number of aliphatic carboxylic acids is 1. The van der Waals surface area contributed by atoms with Crippen LogP contribution in [0.3, 0.4) is 0 Å². The zero-order chi connectivity index (χ0) is 10.4. The lowest BCUT2D eigenvalue weighted by atomic mass is 9.87. The lowest BCUT2D eigenvalue weighted by Gasteiger charge is -2.14. The molecule has 1 heterocycles. The third-order valence-corrected chi connectivity index (χ3v) is 2.93. The third kappa shape index (κ3) is 1.34. The molecule has 0 aromatic heterocycles. The second kappa shape index (κ2) is 2.53. The summed E-state index contributed by atoms with van der Waals surface area (Å²) in [5, 5.41) is 8.93. The van der Waals surface area contributed by atoms with Crippen molar-refractivity contribution in [1.29, 1.82) is 0 Å². The van der Waals surface area contributed by atoms with Gasteiger partial charge in [0.15, 0.2) is 0 Å². The van der Waals surface area contributed by atoms with Crippen LogP contribution in [-0.2, 0) is 4.79 Å². The van der Waals surface area contributed by atoms with Crippen molar-refractivity contribution < 1.29 is 14.7 Å². The molecule has 4 heteroatoms. The molecule has 4 nitrogen and oxygen atoms in total. The van der Waals surface area contributed by atoms with E-state index in [9.17, 15) is 9.70 Å². The van der Waals surface area contributed by atoms with Gasteiger partial charge in [-0.1, -0.05) is 0 Å². The van der Waals surface area contributed by atoms with Crippen LogP contribution in [0.2, 0.25) is 0 Å². The zero-order valence-corrected chi connectivity index (χ0v) is 8.50. The molecule has 0 amide bonds. The van der Waals surface area contributed by atoms with Crippen molar-refractivity contribution in [2.75, 3.05) is 0 Å². The van der Waals surface area contributed by atoms with Crippen LogP contribution >= 0.6 is 0 Å². The Bertz CT molecular complexity index is 268. The molecule has 13 heavy (non-hydrogen) atoms. The monoisotopic (exact) mass is 186 g/mol. The highest BCUT2D eigenvalue weighted by molar-refractivity contribution is 5.71. The van der Waals surface area contributed by atoms with Crippen LogP contribution in [0, 0.1) is 10.8 Å². The van der Waals surface area contributed by atoms with Gasteiger partial charge in [-0.2, -0.15) is 0 Å². The quantitative estimate of drug-likeness (QED) is 0.630. The maximum atomic E-state index is 11.7. The highest BCUT2D eigenvalue weighted by Gasteiger charge is 2.63. The molecule has 1 saturated heterocycles. The topological polar surface area (TPSA) is 57.4 Å². The van der Waals surface area contributed by atoms with Gasteiger partial charge in [-0.3, -0.25) is 4.79 Å². The standard InChI is InChI=1S/C9H15NO3/c1-8(2)5-6(7(11)12)9(3,4)10(8)13/h6H,5H2,1-4H3/p+1. The number of rotatable bonds is 1. The summed E-state index contributed by atoms with van der Waals surface area (Å²) in [6, 6.07) is 0. The SMILES string of the molecule is CC1(C)CC(C(=O)O)C(C)(C)[N+]1=O. The predicted molar refractivity (Wildman–Crippen MR) is 47.5 cm³/mol.